The van der Waals surface area contributed by atoms with E-state index in [0.29, 0.717) is 12.1 Å². The Kier molecular flexibility index (Phi) is 6.08. The minimum Gasteiger partial charge on any atom is -0.326 e. The molecule has 0 unspecified atom stereocenters. The third kappa shape index (κ3) is 5.40. The Bertz CT molecular complexity index is 606. The van der Waals surface area contributed by atoms with Gasteiger partial charge in [0.25, 0.3) is 0 Å². The van der Waals surface area contributed by atoms with Gasteiger partial charge in [0, 0.05) is 23.6 Å². The van der Waals surface area contributed by atoms with E-state index in [-0.39, 0.29) is 10.9 Å². The lowest BCUT2D eigenvalue weighted by Gasteiger charge is -2.06. The molecule has 0 saturated heterocycles. The number of carbonyl (C=O) groups excluding carboxylic acids is 1. The zero-order valence-corrected chi connectivity index (χ0v) is 12.9. The topological polar surface area (TPSA) is 29.1 Å². The number of halogens is 2. The van der Waals surface area contributed by atoms with Crippen LogP contribution in [0.15, 0.2) is 48.5 Å². The van der Waals surface area contributed by atoms with Crippen LogP contribution in [-0.4, -0.2) is 11.7 Å². The number of anilines is 1. The molecule has 0 aliphatic carbocycles. The third-order valence-electron chi connectivity index (χ3n) is 2.79. The molecule has 1 amide bonds. The van der Waals surface area contributed by atoms with Gasteiger partial charge in [-0.25, -0.2) is 4.39 Å². The molecule has 0 bridgehead atoms. The summed E-state index contributed by atoms with van der Waals surface area (Å²) in [4.78, 5) is 11.8. The molecule has 5 heteroatoms. The van der Waals surface area contributed by atoms with Crippen LogP contribution in [0.1, 0.15) is 12.0 Å². The Hall–Kier alpha value is -1.52. The standard InChI is InChI=1S/C16H15ClFNOS/c17-14-10-13(6-7-15(14)18)19-16(20)8-9-21-11-12-4-2-1-3-5-12/h1-7,10H,8-9,11H2,(H,19,20). The summed E-state index contributed by atoms with van der Waals surface area (Å²) in [6.45, 7) is 0. The van der Waals surface area contributed by atoms with Crippen molar-refractivity contribution in [3.63, 3.8) is 0 Å². The Balaban J connectivity index is 1.71. The summed E-state index contributed by atoms with van der Waals surface area (Å²) in [6, 6.07) is 14.3. The highest BCUT2D eigenvalue weighted by molar-refractivity contribution is 7.98. The molecule has 21 heavy (non-hydrogen) atoms. The quantitative estimate of drug-likeness (QED) is 0.778. The summed E-state index contributed by atoms with van der Waals surface area (Å²) in [7, 11) is 0. The zero-order chi connectivity index (χ0) is 15.1. The molecule has 0 saturated carbocycles. The van der Waals surface area contributed by atoms with Crippen molar-refractivity contribution in [2.45, 2.75) is 12.2 Å². The van der Waals surface area contributed by atoms with E-state index in [1.165, 1.54) is 23.8 Å². The van der Waals surface area contributed by atoms with E-state index >= 15 is 0 Å². The molecule has 0 spiro atoms. The zero-order valence-electron chi connectivity index (χ0n) is 11.3. The van der Waals surface area contributed by atoms with Gasteiger partial charge in [-0.2, -0.15) is 11.8 Å². The first-order valence-corrected chi connectivity index (χ1v) is 8.05. The van der Waals surface area contributed by atoms with E-state index in [9.17, 15) is 9.18 Å². The summed E-state index contributed by atoms with van der Waals surface area (Å²) in [5.41, 5.74) is 1.76. The summed E-state index contributed by atoms with van der Waals surface area (Å²) < 4.78 is 13.0. The van der Waals surface area contributed by atoms with Crippen LogP contribution in [0.5, 0.6) is 0 Å². The number of amides is 1. The monoisotopic (exact) mass is 323 g/mol. The van der Waals surface area contributed by atoms with Gasteiger partial charge < -0.3 is 5.32 Å². The normalized spacial score (nSPS) is 10.4. The lowest BCUT2D eigenvalue weighted by Crippen LogP contribution is -2.12. The molecule has 0 aliphatic heterocycles. The fourth-order valence-electron chi connectivity index (χ4n) is 1.73. The van der Waals surface area contributed by atoms with E-state index in [0.717, 1.165) is 11.5 Å². The molecule has 0 atom stereocenters. The summed E-state index contributed by atoms with van der Waals surface area (Å²) >= 11 is 7.37. The van der Waals surface area contributed by atoms with E-state index in [1.807, 2.05) is 18.2 Å². The molecule has 0 radical (unpaired) electrons. The lowest BCUT2D eigenvalue weighted by molar-refractivity contribution is -0.115. The average Bonchev–Trinajstić information content (AvgIpc) is 2.49. The number of nitrogens with one attached hydrogen (secondary N) is 1. The van der Waals surface area contributed by atoms with Gasteiger partial charge in [0.05, 0.1) is 5.02 Å². The van der Waals surface area contributed by atoms with Gasteiger partial charge in [0.15, 0.2) is 0 Å². The minimum absolute atomic E-state index is 0.00579. The molecule has 0 aromatic heterocycles. The van der Waals surface area contributed by atoms with Crippen molar-refractivity contribution in [1.29, 1.82) is 0 Å². The number of benzene rings is 2. The van der Waals surface area contributed by atoms with Crippen LogP contribution in [0, 0.1) is 5.82 Å². The number of carbonyl (C=O) groups is 1. The highest BCUT2D eigenvalue weighted by Crippen LogP contribution is 2.19. The van der Waals surface area contributed by atoms with Crippen LogP contribution in [0.3, 0.4) is 0 Å². The van der Waals surface area contributed by atoms with E-state index < -0.39 is 5.82 Å². The Labute approximate surface area is 132 Å². The van der Waals surface area contributed by atoms with Gasteiger partial charge in [-0.3, -0.25) is 4.79 Å². The largest absolute Gasteiger partial charge is 0.326 e. The van der Waals surface area contributed by atoms with Crippen LogP contribution in [0.25, 0.3) is 0 Å². The maximum atomic E-state index is 13.0. The molecule has 2 nitrogen and oxygen atoms in total. The van der Waals surface area contributed by atoms with Gasteiger partial charge >= 0.3 is 0 Å². The first-order valence-electron chi connectivity index (χ1n) is 6.52. The predicted octanol–water partition coefficient (Wildman–Crippen LogP) is 4.74. The van der Waals surface area contributed by atoms with Crippen LogP contribution in [0.2, 0.25) is 5.02 Å². The highest BCUT2D eigenvalue weighted by Gasteiger charge is 2.05. The van der Waals surface area contributed by atoms with Crippen molar-refractivity contribution in [3.8, 4) is 0 Å². The Morgan fingerprint density at radius 2 is 1.95 bits per heavy atom. The molecule has 2 aromatic rings. The Morgan fingerprint density at radius 1 is 1.19 bits per heavy atom. The molecule has 2 aromatic carbocycles. The van der Waals surface area contributed by atoms with Crippen LogP contribution in [0.4, 0.5) is 10.1 Å². The maximum absolute atomic E-state index is 13.0. The molecular formula is C16H15ClFNOS. The fraction of sp³-hybridized carbons (Fsp3) is 0.188. The molecule has 1 N–H and O–H groups in total. The van der Waals surface area contributed by atoms with Crippen molar-refractivity contribution < 1.29 is 9.18 Å². The second-order valence-electron chi connectivity index (χ2n) is 4.47. The Morgan fingerprint density at radius 3 is 2.67 bits per heavy atom. The minimum atomic E-state index is -0.493. The van der Waals surface area contributed by atoms with Crippen LogP contribution < -0.4 is 5.32 Å². The third-order valence-corrected chi connectivity index (χ3v) is 4.11. The summed E-state index contributed by atoms with van der Waals surface area (Å²) in [5.74, 6) is 1.03. The summed E-state index contributed by atoms with van der Waals surface area (Å²) in [5, 5.41) is 2.71. The maximum Gasteiger partial charge on any atom is 0.225 e. The second-order valence-corrected chi connectivity index (χ2v) is 5.98. The number of rotatable bonds is 6. The second kappa shape index (κ2) is 8.05. The van der Waals surface area contributed by atoms with Crippen molar-refractivity contribution in [2.24, 2.45) is 0 Å². The average molecular weight is 324 g/mol. The van der Waals surface area contributed by atoms with Crippen LogP contribution in [-0.2, 0) is 10.5 Å². The van der Waals surface area contributed by atoms with Crippen molar-refractivity contribution in [2.75, 3.05) is 11.1 Å². The highest BCUT2D eigenvalue weighted by atomic mass is 35.5. The van der Waals surface area contributed by atoms with Crippen molar-refractivity contribution in [1.82, 2.24) is 0 Å². The predicted molar refractivity (Wildman–Crippen MR) is 87.3 cm³/mol. The molecule has 0 fully saturated rings. The molecule has 110 valence electrons. The fourth-order valence-corrected chi connectivity index (χ4v) is 2.81. The molecule has 0 heterocycles. The van der Waals surface area contributed by atoms with Gasteiger partial charge in [-0.05, 0) is 23.8 Å². The van der Waals surface area contributed by atoms with Crippen LogP contribution >= 0.6 is 23.4 Å². The van der Waals surface area contributed by atoms with Gasteiger partial charge in [0.1, 0.15) is 5.82 Å². The number of hydrogen-bond acceptors (Lipinski definition) is 2. The number of thioether (sulfide) groups is 1. The lowest BCUT2D eigenvalue weighted by atomic mass is 10.2. The van der Waals surface area contributed by atoms with Gasteiger partial charge in [0.2, 0.25) is 5.91 Å². The van der Waals surface area contributed by atoms with E-state index in [1.54, 1.807) is 11.8 Å². The number of hydrogen-bond donors (Lipinski definition) is 1. The van der Waals surface area contributed by atoms with Crippen molar-refractivity contribution in [3.05, 3.63) is 64.9 Å². The molecule has 0 aliphatic rings. The molecule has 2 rings (SSSR count). The first-order chi connectivity index (χ1) is 10.1. The van der Waals surface area contributed by atoms with E-state index in [2.05, 4.69) is 17.4 Å². The SMILES string of the molecule is O=C(CCSCc1ccccc1)Nc1ccc(F)c(Cl)c1. The van der Waals surface area contributed by atoms with Gasteiger partial charge in [-0.1, -0.05) is 41.9 Å². The van der Waals surface area contributed by atoms with Crippen molar-refractivity contribution >= 4 is 35.0 Å². The summed E-state index contributed by atoms with van der Waals surface area (Å²) in [6.07, 6.45) is 0.409. The molecular weight excluding hydrogens is 309 g/mol. The van der Waals surface area contributed by atoms with E-state index in [4.69, 9.17) is 11.6 Å². The smallest absolute Gasteiger partial charge is 0.225 e. The first kappa shape index (κ1) is 15.9. The van der Waals surface area contributed by atoms with Gasteiger partial charge in [-0.15, -0.1) is 0 Å².